The Labute approximate surface area is 111 Å². The molecule has 110 valence electrons. The van der Waals surface area contributed by atoms with Gasteiger partial charge < -0.3 is 14.9 Å². The van der Waals surface area contributed by atoms with Crippen molar-refractivity contribution < 1.29 is 33.0 Å². The Balaban J connectivity index is 2.65. The monoisotopic (exact) mass is 295 g/mol. The number of aliphatic hydroxyl groups excluding tert-OH is 1. The zero-order valence-corrected chi connectivity index (χ0v) is 11.3. The van der Waals surface area contributed by atoms with Gasteiger partial charge in [0.05, 0.1) is 19.0 Å². The van der Waals surface area contributed by atoms with Gasteiger partial charge in [0.1, 0.15) is 6.04 Å². The number of hydrogen-bond donors (Lipinski definition) is 2. The molecule has 0 radical (unpaired) electrons. The standard InChI is InChI=1S/C10H17NO7S/c1-18-9(13)3-2-4-19(16,17)11-6-7(12)5-8(11)10(14)15/h7-8,12H,2-6H2,1H3,(H,14,15)/t7-,8-/m1/s1. The lowest BCUT2D eigenvalue weighted by atomic mass is 10.2. The topological polar surface area (TPSA) is 121 Å². The zero-order chi connectivity index (χ0) is 14.6. The first-order valence-corrected chi connectivity index (χ1v) is 7.36. The van der Waals surface area contributed by atoms with E-state index in [1.165, 1.54) is 7.11 Å². The molecule has 1 saturated heterocycles. The number of aliphatic carboxylic acids is 1. The van der Waals surface area contributed by atoms with E-state index in [1.807, 2.05) is 0 Å². The van der Waals surface area contributed by atoms with Crippen molar-refractivity contribution >= 4 is 22.0 Å². The maximum atomic E-state index is 12.0. The van der Waals surface area contributed by atoms with E-state index in [9.17, 15) is 23.1 Å². The van der Waals surface area contributed by atoms with Crippen LogP contribution in [0, 0.1) is 0 Å². The number of nitrogens with zero attached hydrogens (tertiary/aromatic N) is 1. The van der Waals surface area contributed by atoms with Crippen LogP contribution in [0.2, 0.25) is 0 Å². The van der Waals surface area contributed by atoms with Gasteiger partial charge in [-0.3, -0.25) is 9.59 Å². The number of carbonyl (C=O) groups is 2. The molecule has 0 unspecified atom stereocenters. The van der Waals surface area contributed by atoms with E-state index in [4.69, 9.17) is 5.11 Å². The summed E-state index contributed by atoms with van der Waals surface area (Å²) in [6.45, 7) is -0.225. The quantitative estimate of drug-likeness (QED) is 0.590. The molecule has 0 aromatic carbocycles. The van der Waals surface area contributed by atoms with Gasteiger partial charge in [0.2, 0.25) is 10.0 Å². The summed E-state index contributed by atoms with van der Waals surface area (Å²) in [5.74, 6) is -2.15. The molecule has 1 fully saturated rings. The Morgan fingerprint density at radius 2 is 2.05 bits per heavy atom. The van der Waals surface area contributed by atoms with Crippen LogP contribution in [0.25, 0.3) is 0 Å². The van der Waals surface area contributed by atoms with Crippen LogP contribution < -0.4 is 0 Å². The number of esters is 1. The van der Waals surface area contributed by atoms with Crippen molar-refractivity contribution in [3.05, 3.63) is 0 Å². The van der Waals surface area contributed by atoms with E-state index in [2.05, 4.69) is 4.74 Å². The van der Waals surface area contributed by atoms with E-state index >= 15 is 0 Å². The van der Waals surface area contributed by atoms with Gasteiger partial charge in [0.15, 0.2) is 0 Å². The number of carboxylic acid groups (broad SMARTS) is 1. The van der Waals surface area contributed by atoms with E-state index in [0.717, 1.165) is 4.31 Å². The summed E-state index contributed by atoms with van der Waals surface area (Å²) in [5.41, 5.74) is 0. The lowest BCUT2D eigenvalue weighted by Gasteiger charge is -2.20. The average Bonchev–Trinajstić information content (AvgIpc) is 2.72. The van der Waals surface area contributed by atoms with Crippen molar-refractivity contribution in [1.82, 2.24) is 4.31 Å². The zero-order valence-electron chi connectivity index (χ0n) is 10.5. The van der Waals surface area contributed by atoms with Crippen LogP contribution in [0.1, 0.15) is 19.3 Å². The number of β-amino-alcohol motifs (C(OH)–C–C–N with tert-alkyl or cyclic N) is 1. The molecule has 0 amide bonds. The van der Waals surface area contributed by atoms with Crippen molar-refractivity contribution in [3.63, 3.8) is 0 Å². The first-order valence-electron chi connectivity index (χ1n) is 5.75. The summed E-state index contributed by atoms with van der Waals surface area (Å²) >= 11 is 0. The Hall–Kier alpha value is -1.19. The number of carboxylic acids is 1. The molecule has 19 heavy (non-hydrogen) atoms. The molecule has 0 aliphatic carbocycles. The van der Waals surface area contributed by atoms with Gasteiger partial charge in [-0.05, 0) is 6.42 Å². The van der Waals surface area contributed by atoms with Crippen LogP contribution >= 0.6 is 0 Å². The fourth-order valence-electron chi connectivity index (χ4n) is 1.93. The fraction of sp³-hybridized carbons (Fsp3) is 0.800. The maximum absolute atomic E-state index is 12.0. The molecular weight excluding hydrogens is 278 g/mol. The SMILES string of the molecule is COC(=O)CCCS(=O)(=O)N1C[C@H](O)C[C@@H]1C(=O)O. The highest BCUT2D eigenvalue weighted by atomic mass is 32.2. The molecule has 2 N–H and O–H groups in total. The van der Waals surface area contributed by atoms with E-state index < -0.39 is 34.1 Å². The third-order valence-electron chi connectivity index (χ3n) is 2.89. The predicted molar refractivity (Wildman–Crippen MR) is 63.8 cm³/mol. The maximum Gasteiger partial charge on any atom is 0.322 e. The van der Waals surface area contributed by atoms with Gasteiger partial charge in [-0.1, -0.05) is 0 Å². The molecular formula is C10H17NO7S. The first kappa shape index (κ1) is 15.9. The van der Waals surface area contributed by atoms with Gasteiger partial charge in [0.25, 0.3) is 0 Å². The predicted octanol–water partition coefficient (Wildman–Crippen LogP) is -1.21. The Morgan fingerprint density at radius 3 is 2.58 bits per heavy atom. The number of rotatable bonds is 6. The first-order chi connectivity index (χ1) is 8.77. The molecule has 0 aromatic heterocycles. The molecule has 0 aromatic rings. The molecule has 0 bridgehead atoms. The molecule has 8 nitrogen and oxygen atoms in total. The molecule has 0 saturated carbocycles. The minimum absolute atomic E-state index is 0.0495. The summed E-state index contributed by atoms with van der Waals surface area (Å²) in [6.07, 6.45) is -1.10. The Bertz CT molecular complexity index is 447. The van der Waals surface area contributed by atoms with Crippen LogP contribution in [-0.4, -0.2) is 66.4 Å². The summed E-state index contributed by atoms with van der Waals surface area (Å²) in [4.78, 5) is 21.8. The number of ether oxygens (including phenoxy) is 1. The molecule has 1 rings (SSSR count). The number of hydrogen-bond acceptors (Lipinski definition) is 6. The molecule has 0 spiro atoms. The van der Waals surface area contributed by atoms with Crippen LogP contribution in [0.4, 0.5) is 0 Å². The third kappa shape index (κ3) is 4.15. The van der Waals surface area contributed by atoms with E-state index in [1.54, 1.807) is 0 Å². The largest absolute Gasteiger partial charge is 0.480 e. The molecule has 2 atom stereocenters. The fourth-order valence-corrected chi connectivity index (χ4v) is 3.64. The van der Waals surface area contributed by atoms with Crippen molar-refractivity contribution in [3.8, 4) is 0 Å². The second-order valence-corrected chi connectivity index (χ2v) is 6.35. The highest BCUT2D eigenvalue weighted by Gasteiger charge is 2.42. The lowest BCUT2D eigenvalue weighted by Crippen LogP contribution is -2.41. The smallest absolute Gasteiger partial charge is 0.322 e. The van der Waals surface area contributed by atoms with Gasteiger partial charge in [-0.2, -0.15) is 4.31 Å². The van der Waals surface area contributed by atoms with Gasteiger partial charge in [-0.25, -0.2) is 8.42 Å². The summed E-state index contributed by atoms with van der Waals surface area (Å²) in [6, 6.07) is -1.24. The van der Waals surface area contributed by atoms with Crippen LogP contribution in [0.5, 0.6) is 0 Å². The van der Waals surface area contributed by atoms with Gasteiger partial charge >= 0.3 is 11.9 Å². The van der Waals surface area contributed by atoms with Crippen molar-refractivity contribution in [2.45, 2.75) is 31.4 Å². The second kappa shape index (κ2) is 6.31. The molecule has 9 heteroatoms. The average molecular weight is 295 g/mol. The summed E-state index contributed by atoms with van der Waals surface area (Å²) in [7, 11) is -2.60. The lowest BCUT2D eigenvalue weighted by molar-refractivity contribution is -0.141. The number of aliphatic hydroxyl groups is 1. The van der Waals surface area contributed by atoms with Gasteiger partial charge in [0, 0.05) is 19.4 Å². The highest BCUT2D eigenvalue weighted by Crippen LogP contribution is 2.22. The van der Waals surface area contributed by atoms with E-state index in [-0.39, 0.29) is 31.6 Å². The van der Waals surface area contributed by atoms with Crippen LogP contribution in [-0.2, 0) is 24.3 Å². The normalized spacial score (nSPS) is 24.3. The van der Waals surface area contributed by atoms with Crippen LogP contribution in [0.3, 0.4) is 0 Å². The number of carbonyl (C=O) groups excluding carboxylic acids is 1. The van der Waals surface area contributed by atoms with Crippen molar-refractivity contribution in [2.75, 3.05) is 19.4 Å². The van der Waals surface area contributed by atoms with Gasteiger partial charge in [-0.15, -0.1) is 0 Å². The highest BCUT2D eigenvalue weighted by molar-refractivity contribution is 7.89. The minimum atomic E-state index is -3.81. The van der Waals surface area contributed by atoms with Crippen LogP contribution in [0.15, 0.2) is 0 Å². The number of methoxy groups -OCH3 is 1. The molecule has 1 aliphatic heterocycles. The summed E-state index contributed by atoms with van der Waals surface area (Å²) in [5, 5.41) is 18.3. The Morgan fingerprint density at radius 1 is 1.42 bits per heavy atom. The minimum Gasteiger partial charge on any atom is -0.480 e. The summed E-state index contributed by atoms with van der Waals surface area (Å²) < 4.78 is 29.1. The number of sulfonamides is 1. The van der Waals surface area contributed by atoms with E-state index in [0.29, 0.717) is 0 Å². The van der Waals surface area contributed by atoms with Crippen molar-refractivity contribution in [1.29, 1.82) is 0 Å². The Kier molecular flexibility index (Phi) is 5.27. The van der Waals surface area contributed by atoms with Crippen molar-refractivity contribution in [2.24, 2.45) is 0 Å². The second-order valence-electron chi connectivity index (χ2n) is 4.31. The molecule has 1 heterocycles. The molecule has 1 aliphatic rings. The third-order valence-corrected chi connectivity index (χ3v) is 4.81.